The molecule has 0 aliphatic carbocycles. The Hall–Kier alpha value is -0.940. The van der Waals surface area contributed by atoms with Crippen molar-refractivity contribution in [2.75, 3.05) is 14.1 Å². The summed E-state index contributed by atoms with van der Waals surface area (Å²) in [6.07, 6.45) is 0.960. The van der Waals surface area contributed by atoms with E-state index >= 15 is 0 Å². The van der Waals surface area contributed by atoms with Gasteiger partial charge in [-0.15, -0.1) is 0 Å². The Morgan fingerprint density at radius 2 is 2.07 bits per heavy atom. The third-order valence-corrected chi connectivity index (χ3v) is 2.72. The number of likely N-dealkylation sites (N-methyl/N-ethyl adjacent to an activating group) is 1. The molecule has 1 atom stereocenters. The lowest BCUT2D eigenvalue weighted by Gasteiger charge is -2.35. The summed E-state index contributed by atoms with van der Waals surface area (Å²) < 4.78 is 0. The van der Waals surface area contributed by atoms with E-state index in [0.29, 0.717) is 5.69 Å². The zero-order valence-corrected chi connectivity index (χ0v) is 9.39. The van der Waals surface area contributed by atoms with Gasteiger partial charge >= 0.3 is 0 Å². The first-order valence-electron chi connectivity index (χ1n) is 4.57. The van der Waals surface area contributed by atoms with Crippen LogP contribution in [0, 0.1) is 0 Å². The molecule has 0 fully saturated rings. The lowest BCUT2D eigenvalue weighted by atomic mass is 9.94. The Kier molecular flexibility index (Phi) is 2.92. The molecule has 0 saturated carbocycles. The fourth-order valence-corrected chi connectivity index (χ4v) is 1.09. The molecule has 1 N–H and O–H groups in total. The van der Waals surface area contributed by atoms with Gasteiger partial charge in [0.05, 0.1) is 6.20 Å². The molecule has 1 heterocycles. The number of aryl methyl sites for hydroxylation is 1. The average molecular weight is 198 g/mol. The van der Waals surface area contributed by atoms with E-state index in [0.717, 1.165) is 0 Å². The molecule has 0 amide bonds. The minimum atomic E-state index is -0.633. The maximum absolute atomic E-state index is 10.1. The summed E-state index contributed by atoms with van der Waals surface area (Å²) in [4.78, 5) is 3.41. The van der Waals surface area contributed by atoms with Crippen molar-refractivity contribution >= 4 is 0 Å². The van der Waals surface area contributed by atoms with Crippen LogP contribution in [0.5, 0.6) is 0 Å². The molecule has 80 valence electrons. The quantitative estimate of drug-likeness (QED) is 0.753. The Morgan fingerprint density at radius 3 is 2.43 bits per heavy atom. The SMILES string of the molecule is CN(C)C(C)(C)C(O)c1cnn(C)n1. The highest BCUT2D eigenvalue weighted by Crippen LogP contribution is 2.27. The van der Waals surface area contributed by atoms with E-state index in [1.54, 1.807) is 13.2 Å². The van der Waals surface area contributed by atoms with Crippen LogP contribution in [-0.2, 0) is 7.05 Å². The van der Waals surface area contributed by atoms with Crippen LogP contribution in [0.15, 0.2) is 6.20 Å². The Bertz CT molecular complexity index is 306. The van der Waals surface area contributed by atoms with Gasteiger partial charge in [-0.25, -0.2) is 0 Å². The molecule has 1 aromatic rings. The van der Waals surface area contributed by atoms with Crippen LogP contribution in [0.25, 0.3) is 0 Å². The number of hydrogen-bond donors (Lipinski definition) is 1. The van der Waals surface area contributed by atoms with Gasteiger partial charge in [0.1, 0.15) is 11.8 Å². The third-order valence-electron chi connectivity index (χ3n) is 2.72. The van der Waals surface area contributed by atoms with E-state index in [1.807, 2.05) is 32.8 Å². The van der Waals surface area contributed by atoms with Crippen molar-refractivity contribution in [2.45, 2.75) is 25.5 Å². The standard InChI is InChI=1S/C9H18N4O/c1-9(2,12(3)4)8(14)7-6-10-13(5)11-7/h6,8,14H,1-5H3. The molecular weight excluding hydrogens is 180 g/mol. The summed E-state index contributed by atoms with van der Waals surface area (Å²) in [7, 11) is 5.60. The summed E-state index contributed by atoms with van der Waals surface area (Å²) >= 11 is 0. The number of hydrogen-bond acceptors (Lipinski definition) is 4. The van der Waals surface area contributed by atoms with Gasteiger partial charge in [-0.1, -0.05) is 0 Å². The van der Waals surface area contributed by atoms with Gasteiger partial charge in [0.15, 0.2) is 0 Å². The van der Waals surface area contributed by atoms with E-state index in [4.69, 9.17) is 0 Å². The van der Waals surface area contributed by atoms with Crippen molar-refractivity contribution in [2.24, 2.45) is 7.05 Å². The van der Waals surface area contributed by atoms with Crippen LogP contribution in [0.1, 0.15) is 25.6 Å². The van der Waals surface area contributed by atoms with Gasteiger partial charge < -0.3 is 10.0 Å². The number of rotatable bonds is 3. The van der Waals surface area contributed by atoms with E-state index in [2.05, 4.69) is 10.2 Å². The number of aromatic nitrogens is 3. The topological polar surface area (TPSA) is 54.2 Å². The largest absolute Gasteiger partial charge is 0.385 e. The van der Waals surface area contributed by atoms with Gasteiger partial charge in [-0.2, -0.15) is 15.0 Å². The Morgan fingerprint density at radius 1 is 1.50 bits per heavy atom. The molecular formula is C9H18N4O. The van der Waals surface area contributed by atoms with Crippen LogP contribution in [0.4, 0.5) is 0 Å². The second kappa shape index (κ2) is 3.67. The summed E-state index contributed by atoms with van der Waals surface area (Å²) in [5, 5.41) is 18.1. The average Bonchev–Trinajstić information content (AvgIpc) is 2.50. The first-order chi connectivity index (χ1) is 6.35. The molecule has 14 heavy (non-hydrogen) atoms. The molecule has 1 rings (SSSR count). The summed E-state index contributed by atoms with van der Waals surface area (Å²) in [6, 6.07) is 0. The Labute approximate surface area is 84.3 Å². The van der Waals surface area contributed by atoms with E-state index in [9.17, 15) is 5.11 Å². The van der Waals surface area contributed by atoms with Gasteiger partial charge in [0.2, 0.25) is 0 Å². The zero-order chi connectivity index (χ0) is 10.9. The molecule has 5 heteroatoms. The smallest absolute Gasteiger partial charge is 0.117 e. The van der Waals surface area contributed by atoms with Crippen molar-refractivity contribution in [3.63, 3.8) is 0 Å². The van der Waals surface area contributed by atoms with Crippen molar-refractivity contribution in [1.82, 2.24) is 19.9 Å². The second-order valence-corrected chi connectivity index (χ2v) is 4.21. The first-order valence-corrected chi connectivity index (χ1v) is 4.57. The summed E-state index contributed by atoms with van der Waals surface area (Å²) in [6.45, 7) is 3.93. The van der Waals surface area contributed by atoms with Crippen LogP contribution >= 0.6 is 0 Å². The molecule has 5 nitrogen and oxygen atoms in total. The Balaban J connectivity index is 2.89. The van der Waals surface area contributed by atoms with Crippen molar-refractivity contribution in [3.05, 3.63) is 11.9 Å². The monoisotopic (exact) mass is 198 g/mol. The predicted octanol–water partition coefficient (Wildman–Crippen LogP) is 0.189. The minimum Gasteiger partial charge on any atom is -0.385 e. The van der Waals surface area contributed by atoms with Crippen molar-refractivity contribution in [3.8, 4) is 0 Å². The molecule has 1 aromatic heterocycles. The fraction of sp³-hybridized carbons (Fsp3) is 0.778. The van der Waals surface area contributed by atoms with E-state index in [-0.39, 0.29) is 5.54 Å². The maximum Gasteiger partial charge on any atom is 0.117 e. The molecule has 0 spiro atoms. The molecule has 0 aliphatic heterocycles. The highest BCUT2D eigenvalue weighted by Gasteiger charge is 2.32. The fourth-order valence-electron chi connectivity index (χ4n) is 1.09. The first kappa shape index (κ1) is 11.1. The maximum atomic E-state index is 10.1. The molecule has 0 radical (unpaired) electrons. The van der Waals surface area contributed by atoms with Gasteiger partial charge in [0.25, 0.3) is 0 Å². The van der Waals surface area contributed by atoms with Crippen LogP contribution in [-0.4, -0.2) is 44.6 Å². The minimum absolute atomic E-state index is 0.351. The normalized spacial score (nSPS) is 14.8. The van der Waals surface area contributed by atoms with Gasteiger partial charge in [-0.3, -0.25) is 0 Å². The highest BCUT2D eigenvalue weighted by molar-refractivity contribution is 5.05. The van der Waals surface area contributed by atoms with Crippen molar-refractivity contribution in [1.29, 1.82) is 0 Å². The lowest BCUT2D eigenvalue weighted by Crippen LogP contribution is -2.43. The highest BCUT2D eigenvalue weighted by atomic mass is 16.3. The second-order valence-electron chi connectivity index (χ2n) is 4.21. The van der Waals surface area contributed by atoms with Crippen LogP contribution in [0.2, 0.25) is 0 Å². The predicted molar refractivity (Wildman–Crippen MR) is 53.7 cm³/mol. The van der Waals surface area contributed by atoms with Gasteiger partial charge in [-0.05, 0) is 27.9 Å². The summed E-state index contributed by atoms with van der Waals surface area (Å²) in [5.41, 5.74) is 0.252. The van der Waals surface area contributed by atoms with Crippen LogP contribution < -0.4 is 0 Å². The van der Waals surface area contributed by atoms with Crippen LogP contribution in [0.3, 0.4) is 0 Å². The third kappa shape index (κ3) is 1.93. The lowest BCUT2D eigenvalue weighted by molar-refractivity contribution is 0.0133. The number of nitrogens with zero attached hydrogens (tertiary/aromatic N) is 4. The zero-order valence-electron chi connectivity index (χ0n) is 9.39. The van der Waals surface area contributed by atoms with E-state index in [1.165, 1.54) is 4.80 Å². The molecule has 0 saturated heterocycles. The number of aliphatic hydroxyl groups is 1. The molecule has 0 bridgehead atoms. The number of aliphatic hydroxyl groups excluding tert-OH is 1. The van der Waals surface area contributed by atoms with Crippen molar-refractivity contribution < 1.29 is 5.11 Å². The molecule has 0 aromatic carbocycles. The van der Waals surface area contributed by atoms with Gasteiger partial charge in [0, 0.05) is 12.6 Å². The molecule has 1 unspecified atom stereocenters. The van der Waals surface area contributed by atoms with E-state index < -0.39 is 6.10 Å². The summed E-state index contributed by atoms with van der Waals surface area (Å²) in [5.74, 6) is 0. The molecule has 0 aliphatic rings.